The van der Waals surface area contributed by atoms with E-state index in [1.807, 2.05) is 29.2 Å². The molecule has 3 aromatic rings. The summed E-state index contributed by atoms with van der Waals surface area (Å²) in [6, 6.07) is 15.9. The lowest BCUT2D eigenvalue weighted by Gasteiger charge is -2.36. The molecule has 318 valence electrons. The number of hydrogen-bond donors (Lipinski definition) is 2. The number of imide groups is 2. The van der Waals surface area contributed by atoms with Crippen LogP contribution in [0.25, 0.3) is 6.08 Å². The van der Waals surface area contributed by atoms with Crippen molar-refractivity contribution in [2.45, 2.75) is 76.7 Å². The Morgan fingerprint density at radius 3 is 2.39 bits per heavy atom. The molecule has 13 heteroatoms. The van der Waals surface area contributed by atoms with Gasteiger partial charge in [0.05, 0.1) is 11.1 Å². The molecule has 0 saturated carbocycles. The number of amides is 6. The van der Waals surface area contributed by atoms with E-state index in [0.29, 0.717) is 24.4 Å². The molecular weight excluding hydrogens is 771 g/mol. The Morgan fingerprint density at radius 2 is 1.64 bits per heavy atom. The van der Waals surface area contributed by atoms with E-state index in [2.05, 4.69) is 49.4 Å². The van der Waals surface area contributed by atoms with Crippen molar-refractivity contribution in [2.75, 3.05) is 57.3 Å². The van der Waals surface area contributed by atoms with E-state index in [9.17, 15) is 28.8 Å². The van der Waals surface area contributed by atoms with Gasteiger partial charge in [-0.15, -0.1) is 0 Å². The molecule has 1 atom stereocenters. The predicted molar refractivity (Wildman–Crippen MR) is 232 cm³/mol. The van der Waals surface area contributed by atoms with E-state index in [1.165, 1.54) is 0 Å². The van der Waals surface area contributed by atoms with Gasteiger partial charge in [0, 0.05) is 93.9 Å². The van der Waals surface area contributed by atoms with Crippen LogP contribution in [0.15, 0.2) is 73.1 Å². The maximum Gasteiger partial charge on any atom is 0.263 e. The minimum absolute atomic E-state index is 0.0785. The Labute approximate surface area is 357 Å². The van der Waals surface area contributed by atoms with Crippen LogP contribution in [0.5, 0.6) is 0 Å². The van der Waals surface area contributed by atoms with E-state index in [1.54, 1.807) is 42.7 Å². The molecule has 61 heavy (non-hydrogen) atoms. The van der Waals surface area contributed by atoms with Crippen LogP contribution < -0.4 is 15.5 Å². The number of nitrogens with zero attached hydrogens (tertiary/aromatic N) is 5. The number of anilines is 1. The van der Waals surface area contributed by atoms with E-state index in [0.717, 1.165) is 119 Å². The van der Waals surface area contributed by atoms with Crippen LogP contribution in [0.3, 0.4) is 0 Å². The topological polar surface area (TPSA) is 152 Å². The Kier molecular flexibility index (Phi) is 14.7. The fourth-order valence-corrected chi connectivity index (χ4v) is 8.63. The Morgan fingerprint density at radius 1 is 0.836 bits per heavy atom. The largest absolute Gasteiger partial charge is 0.369 e. The summed E-state index contributed by atoms with van der Waals surface area (Å²) in [5.41, 5.74) is 3.74. The Bertz CT molecular complexity index is 2160. The molecule has 2 aromatic carbocycles. The van der Waals surface area contributed by atoms with Gasteiger partial charge in [-0.05, 0) is 105 Å². The number of hydrogen-bond acceptors (Lipinski definition) is 9. The second kappa shape index (κ2) is 20.9. The number of piperazine rings is 1. The third kappa shape index (κ3) is 11.2. The summed E-state index contributed by atoms with van der Waals surface area (Å²) >= 11 is 0. The van der Waals surface area contributed by atoms with Crippen molar-refractivity contribution in [1.29, 1.82) is 0 Å². The maximum absolute atomic E-state index is 13.3. The van der Waals surface area contributed by atoms with Crippen LogP contribution in [0.4, 0.5) is 5.69 Å². The summed E-state index contributed by atoms with van der Waals surface area (Å²) in [5, 5.41) is 5.18. The molecule has 3 saturated heterocycles. The van der Waals surface area contributed by atoms with Gasteiger partial charge in [-0.3, -0.25) is 48.9 Å². The van der Waals surface area contributed by atoms with Gasteiger partial charge in [-0.25, -0.2) is 0 Å². The molecule has 1 aromatic heterocycles. The average Bonchev–Trinajstić information content (AvgIpc) is 3.54. The molecule has 2 N–H and O–H groups in total. The van der Waals surface area contributed by atoms with Crippen LogP contribution in [-0.2, 0) is 14.4 Å². The molecule has 0 bridgehead atoms. The molecule has 3 fully saturated rings. The highest BCUT2D eigenvalue weighted by molar-refractivity contribution is 6.24. The number of unbranched alkanes of at least 4 members (excludes halogenated alkanes) is 4. The summed E-state index contributed by atoms with van der Waals surface area (Å²) in [7, 11) is 0. The van der Waals surface area contributed by atoms with Gasteiger partial charge < -0.3 is 15.1 Å². The zero-order chi connectivity index (χ0) is 42.6. The minimum atomic E-state index is -0.997. The van der Waals surface area contributed by atoms with Crippen molar-refractivity contribution >= 4 is 47.2 Å². The zero-order valence-electron chi connectivity index (χ0n) is 34.8. The molecule has 0 aliphatic carbocycles. The first-order valence-electron chi connectivity index (χ1n) is 21.8. The lowest BCUT2D eigenvalue weighted by atomic mass is 9.91. The molecule has 4 aliphatic rings. The van der Waals surface area contributed by atoms with Gasteiger partial charge in [0.25, 0.3) is 17.7 Å². The van der Waals surface area contributed by atoms with Crippen molar-refractivity contribution < 1.29 is 28.8 Å². The van der Waals surface area contributed by atoms with Crippen LogP contribution in [0, 0.1) is 17.8 Å². The number of aromatic nitrogens is 1. The number of piperidine rings is 2. The molecule has 6 amide bonds. The quantitative estimate of drug-likeness (QED) is 0.0927. The maximum atomic E-state index is 13.3. The zero-order valence-corrected chi connectivity index (χ0v) is 34.8. The number of rotatable bonds is 15. The minimum Gasteiger partial charge on any atom is -0.369 e. The highest BCUT2D eigenvalue weighted by atomic mass is 16.2. The van der Waals surface area contributed by atoms with Crippen LogP contribution in [0.2, 0.25) is 0 Å². The number of fused-ring (bicyclic) bond motifs is 1. The van der Waals surface area contributed by atoms with Crippen molar-refractivity contribution in [1.82, 2.24) is 30.3 Å². The number of carbonyl (C=O) groups excluding carboxylic acids is 6. The van der Waals surface area contributed by atoms with Gasteiger partial charge in [0.1, 0.15) is 6.04 Å². The molecule has 1 unspecified atom stereocenters. The summed E-state index contributed by atoms with van der Waals surface area (Å²) in [6.45, 7) is 7.09. The lowest BCUT2D eigenvalue weighted by Crippen LogP contribution is -2.54. The summed E-state index contributed by atoms with van der Waals surface area (Å²) in [4.78, 5) is 87.7. The highest BCUT2D eigenvalue weighted by Crippen LogP contribution is 2.30. The monoisotopic (exact) mass is 825 g/mol. The summed E-state index contributed by atoms with van der Waals surface area (Å²) in [6.07, 6.45) is 15.8. The number of likely N-dealkylation sites (tertiary alicyclic amines) is 1. The summed E-state index contributed by atoms with van der Waals surface area (Å²) in [5.74, 6) is 4.81. The van der Waals surface area contributed by atoms with Crippen molar-refractivity contribution in [3.8, 4) is 11.8 Å². The smallest absolute Gasteiger partial charge is 0.263 e. The summed E-state index contributed by atoms with van der Waals surface area (Å²) < 4.78 is 0. The fourth-order valence-electron chi connectivity index (χ4n) is 8.63. The van der Waals surface area contributed by atoms with Gasteiger partial charge in [0.15, 0.2) is 0 Å². The van der Waals surface area contributed by atoms with E-state index in [-0.39, 0.29) is 35.8 Å². The van der Waals surface area contributed by atoms with Crippen molar-refractivity contribution in [3.05, 3.63) is 101 Å². The van der Waals surface area contributed by atoms with Gasteiger partial charge in [-0.1, -0.05) is 43.2 Å². The fraction of sp³-hybridized carbons (Fsp3) is 0.438. The van der Waals surface area contributed by atoms with Crippen molar-refractivity contribution in [3.63, 3.8) is 0 Å². The number of pyridine rings is 1. The molecule has 7 rings (SSSR count). The number of nitrogens with one attached hydrogen (secondary N) is 2. The molecular formula is C48H55N7O6. The molecule has 0 spiro atoms. The first-order valence-corrected chi connectivity index (χ1v) is 21.8. The molecule has 5 heterocycles. The van der Waals surface area contributed by atoms with Gasteiger partial charge in [-0.2, -0.15) is 0 Å². The van der Waals surface area contributed by atoms with Crippen LogP contribution in [0.1, 0.15) is 113 Å². The van der Waals surface area contributed by atoms with Crippen LogP contribution in [-0.4, -0.2) is 114 Å². The molecule has 4 aliphatic heterocycles. The molecule has 13 nitrogen and oxygen atoms in total. The second-order valence-electron chi connectivity index (χ2n) is 16.3. The third-order valence-corrected chi connectivity index (χ3v) is 12.2. The third-order valence-electron chi connectivity index (χ3n) is 12.2. The lowest BCUT2D eigenvalue weighted by molar-refractivity contribution is -0.136. The SMILES string of the molecule is O=C(/C=C/c1cccnc1)NCCCCC1CCN(C(=O)c2ccc(N3CCN(CCCCCC#Cc4cccc5c4C(=O)N(C4CCC(=O)NC4=O)C5=O)CC3)cc2)CC1. The Balaban J connectivity index is 0.749. The van der Waals surface area contributed by atoms with Crippen molar-refractivity contribution in [2.24, 2.45) is 5.92 Å². The van der Waals surface area contributed by atoms with Crippen LogP contribution >= 0.6 is 0 Å². The number of benzene rings is 2. The van der Waals surface area contributed by atoms with Gasteiger partial charge >= 0.3 is 0 Å². The standard InChI is InChI=1S/C48H55N7O6/c56-42(21-15-36-11-9-25-49-34-36)50-26-6-5-10-35-23-28-54(29-24-35)46(59)38-16-18-39(19-17-38)53-32-30-52(31-33-53)27-7-3-1-2-4-12-37-13-8-14-40-44(37)48(61)55(47(40)60)41-20-22-43(57)51-45(41)58/h8-9,11,13-19,21,25,34-35,41H,1-3,5-7,10,20,22-24,26-33H2,(H,50,56)(H,51,57,58)/b21-15+. The first-order chi connectivity index (χ1) is 29.7. The normalized spacial score (nSPS) is 18.6. The number of carbonyl (C=O) groups is 6. The first kappa shape index (κ1) is 43.0. The van der Waals surface area contributed by atoms with E-state index in [4.69, 9.17) is 0 Å². The van der Waals surface area contributed by atoms with Gasteiger partial charge in [0.2, 0.25) is 17.7 Å². The van der Waals surface area contributed by atoms with E-state index >= 15 is 0 Å². The molecule has 0 radical (unpaired) electrons. The van der Waals surface area contributed by atoms with E-state index < -0.39 is 29.7 Å². The Hall–Kier alpha value is -6.13. The second-order valence-corrected chi connectivity index (χ2v) is 16.3. The predicted octanol–water partition coefficient (Wildman–Crippen LogP) is 5.07. The highest BCUT2D eigenvalue weighted by Gasteiger charge is 2.45. The average molecular weight is 826 g/mol.